The molecule has 0 bridgehead atoms. The molecular formula is C17H28N2O. The van der Waals surface area contributed by atoms with Gasteiger partial charge in [0.2, 0.25) is 5.91 Å². The van der Waals surface area contributed by atoms with E-state index in [2.05, 4.69) is 48.7 Å². The van der Waals surface area contributed by atoms with Crippen molar-refractivity contribution in [3.05, 3.63) is 35.9 Å². The fraction of sp³-hybridized carbons (Fsp3) is 0.588. The fourth-order valence-electron chi connectivity index (χ4n) is 2.22. The minimum Gasteiger partial charge on any atom is -0.355 e. The van der Waals surface area contributed by atoms with Crippen LogP contribution in [0.15, 0.2) is 30.3 Å². The fourth-order valence-corrected chi connectivity index (χ4v) is 2.22. The van der Waals surface area contributed by atoms with E-state index in [1.807, 2.05) is 13.0 Å². The van der Waals surface area contributed by atoms with Gasteiger partial charge in [0.05, 0.1) is 6.04 Å². The van der Waals surface area contributed by atoms with Crippen molar-refractivity contribution in [2.24, 2.45) is 0 Å². The van der Waals surface area contributed by atoms with Gasteiger partial charge >= 0.3 is 0 Å². The van der Waals surface area contributed by atoms with Gasteiger partial charge in [-0.3, -0.25) is 10.1 Å². The predicted octanol–water partition coefficient (Wildman–Crippen LogP) is 3.42. The molecule has 0 aromatic heterocycles. The van der Waals surface area contributed by atoms with Gasteiger partial charge in [-0.15, -0.1) is 0 Å². The Morgan fingerprint density at radius 2 is 1.85 bits per heavy atom. The lowest BCUT2D eigenvalue weighted by Gasteiger charge is -2.23. The van der Waals surface area contributed by atoms with Gasteiger partial charge in [0, 0.05) is 12.6 Å². The highest BCUT2D eigenvalue weighted by Crippen LogP contribution is 2.19. The average Bonchev–Trinajstić information content (AvgIpc) is 2.49. The number of hydrogen-bond donors (Lipinski definition) is 2. The zero-order valence-electron chi connectivity index (χ0n) is 13.0. The number of unbranched alkanes of at least 4 members (excludes halogenated alkanes) is 1. The van der Waals surface area contributed by atoms with Gasteiger partial charge < -0.3 is 5.32 Å². The number of carbonyl (C=O) groups is 1. The highest BCUT2D eigenvalue weighted by atomic mass is 16.2. The second-order valence-corrected chi connectivity index (χ2v) is 5.28. The first-order valence-electron chi connectivity index (χ1n) is 7.77. The Morgan fingerprint density at radius 1 is 1.15 bits per heavy atom. The molecule has 2 N–H and O–H groups in total. The first kappa shape index (κ1) is 16.7. The third-order valence-electron chi connectivity index (χ3n) is 3.44. The van der Waals surface area contributed by atoms with Gasteiger partial charge in [-0.25, -0.2) is 0 Å². The van der Waals surface area contributed by atoms with E-state index in [0.717, 1.165) is 25.8 Å². The topological polar surface area (TPSA) is 41.1 Å². The van der Waals surface area contributed by atoms with Crippen LogP contribution in [0, 0.1) is 0 Å². The molecule has 0 radical (unpaired) electrons. The van der Waals surface area contributed by atoms with Crippen LogP contribution in [-0.2, 0) is 4.79 Å². The van der Waals surface area contributed by atoms with Crippen LogP contribution in [0.2, 0.25) is 0 Å². The minimum absolute atomic E-state index is 0.0873. The summed E-state index contributed by atoms with van der Waals surface area (Å²) in [5.74, 6) is 0.0873. The van der Waals surface area contributed by atoms with E-state index in [4.69, 9.17) is 0 Å². The number of hydrogen-bond acceptors (Lipinski definition) is 2. The second-order valence-electron chi connectivity index (χ2n) is 5.28. The second kappa shape index (κ2) is 9.54. The van der Waals surface area contributed by atoms with Crippen LogP contribution >= 0.6 is 0 Å². The number of amides is 1. The van der Waals surface area contributed by atoms with E-state index in [1.165, 1.54) is 12.0 Å². The average molecular weight is 276 g/mol. The summed E-state index contributed by atoms with van der Waals surface area (Å²) in [6, 6.07) is 10.5. The summed E-state index contributed by atoms with van der Waals surface area (Å²) >= 11 is 0. The van der Waals surface area contributed by atoms with Crippen molar-refractivity contribution in [1.82, 2.24) is 10.6 Å². The molecule has 0 aliphatic carbocycles. The van der Waals surface area contributed by atoms with E-state index < -0.39 is 0 Å². The lowest BCUT2D eigenvalue weighted by molar-refractivity contribution is -0.122. The Bertz CT molecular complexity index is 378. The molecule has 0 spiro atoms. The van der Waals surface area contributed by atoms with E-state index in [-0.39, 0.29) is 18.0 Å². The molecule has 0 saturated carbocycles. The van der Waals surface area contributed by atoms with Gasteiger partial charge in [0.15, 0.2) is 0 Å². The molecule has 1 amide bonds. The summed E-state index contributed by atoms with van der Waals surface area (Å²) in [6.07, 6.45) is 4.36. The minimum atomic E-state index is -0.163. The van der Waals surface area contributed by atoms with Crippen LogP contribution in [0.1, 0.15) is 58.1 Å². The maximum Gasteiger partial charge on any atom is 0.236 e. The molecule has 112 valence electrons. The first-order valence-corrected chi connectivity index (χ1v) is 7.77. The van der Waals surface area contributed by atoms with Gasteiger partial charge in [-0.1, -0.05) is 57.0 Å². The molecule has 20 heavy (non-hydrogen) atoms. The molecule has 2 atom stereocenters. The Morgan fingerprint density at radius 3 is 2.45 bits per heavy atom. The Kier molecular flexibility index (Phi) is 7.97. The normalized spacial score (nSPS) is 13.8. The SMILES string of the molecule is CCCCC(NC(C)C(=O)NCCC)c1ccccc1. The van der Waals surface area contributed by atoms with E-state index in [9.17, 15) is 4.79 Å². The van der Waals surface area contributed by atoms with Crippen LogP contribution in [0.5, 0.6) is 0 Å². The molecule has 3 nitrogen and oxygen atoms in total. The summed E-state index contributed by atoms with van der Waals surface area (Å²) in [6.45, 7) is 6.94. The number of nitrogens with one attached hydrogen (secondary N) is 2. The number of benzene rings is 1. The smallest absolute Gasteiger partial charge is 0.236 e. The summed E-state index contributed by atoms with van der Waals surface area (Å²) in [5.41, 5.74) is 1.26. The summed E-state index contributed by atoms with van der Waals surface area (Å²) < 4.78 is 0. The number of rotatable bonds is 9. The molecule has 1 aromatic rings. The van der Waals surface area contributed by atoms with Crippen LogP contribution in [0.25, 0.3) is 0 Å². The Labute approximate surface area is 123 Å². The van der Waals surface area contributed by atoms with Crippen molar-refractivity contribution >= 4 is 5.91 Å². The van der Waals surface area contributed by atoms with Crippen molar-refractivity contribution in [3.8, 4) is 0 Å². The molecule has 0 fully saturated rings. The van der Waals surface area contributed by atoms with Crippen molar-refractivity contribution < 1.29 is 4.79 Å². The van der Waals surface area contributed by atoms with Gasteiger partial charge in [-0.05, 0) is 25.3 Å². The van der Waals surface area contributed by atoms with Crippen LogP contribution in [-0.4, -0.2) is 18.5 Å². The Hall–Kier alpha value is -1.35. The molecule has 1 aromatic carbocycles. The molecule has 0 aliphatic heterocycles. The van der Waals surface area contributed by atoms with Gasteiger partial charge in [0.25, 0.3) is 0 Å². The van der Waals surface area contributed by atoms with Gasteiger partial charge in [-0.2, -0.15) is 0 Å². The highest BCUT2D eigenvalue weighted by Gasteiger charge is 2.18. The standard InChI is InChI=1S/C17H28N2O/c1-4-6-12-16(15-10-8-7-9-11-15)19-14(3)17(20)18-13-5-2/h7-11,14,16,19H,4-6,12-13H2,1-3H3,(H,18,20). The largest absolute Gasteiger partial charge is 0.355 e. The molecule has 3 heteroatoms. The third-order valence-corrected chi connectivity index (χ3v) is 3.44. The summed E-state index contributed by atoms with van der Waals surface area (Å²) in [4.78, 5) is 12.0. The Balaban J connectivity index is 2.62. The highest BCUT2D eigenvalue weighted by molar-refractivity contribution is 5.81. The van der Waals surface area contributed by atoms with Crippen LogP contribution in [0.4, 0.5) is 0 Å². The summed E-state index contributed by atoms with van der Waals surface area (Å²) in [7, 11) is 0. The quantitative estimate of drug-likeness (QED) is 0.725. The maximum atomic E-state index is 12.0. The van der Waals surface area contributed by atoms with Crippen LogP contribution in [0.3, 0.4) is 0 Å². The van der Waals surface area contributed by atoms with Crippen molar-refractivity contribution in [1.29, 1.82) is 0 Å². The predicted molar refractivity (Wildman–Crippen MR) is 84.6 cm³/mol. The first-order chi connectivity index (χ1) is 9.69. The lowest BCUT2D eigenvalue weighted by atomic mass is 10.00. The zero-order valence-corrected chi connectivity index (χ0v) is 13.0. The monoisotopic (exact) mass is 276 g/mol. The van der Waals surface area contributed by atoms with Crippen molar-refractivity contribution in [2.45, 2.75) is 58.5 Å². The molecular weight excluding hydrogens is 248 g/mol. The van der Waals surface area contributed by atoms with E-state index >= 15 is 0 Å². The summed E-state index contributed by atoms with van der Waals surface area (Å²) in [5, 5.41) is 6.41. The lowest BCUT2D eigenvalue weighted by Crippen LogP contribution is -2.43. The molecule has 0 heterocycles. The van der Waals surface area contributed by atoms with E-state index in [0.29, 0.717) is 0 Å². The number of carbonyl (C=O) groups excluding carboxylic acids is 1. The molecule has 0 aliphatic rings. The van der Waals surface area contributed by atoms with Crippen molar-refractivity contribution in [2.75, 3.05) is 6.54 Å². The third kappa shape index (κ3) is 5.74. The van der Waals surface area contributed by atoms with Crippen molar-refractivity contribution in [3.63, 3.8) is 0 Å². The van der Waals surface area contributed by atoms with Gasteiger partial charge in [0.1, 0.15) is 0 Å². The molecule has 0 saturated heterocycles. The molecule has 1 rings (SSSR count). The molecule has 2 unspecified atom stereocenters. The van der Waals surface area contributed by atoms with Crippen LogP contribution < -0.4 is 10.6 Å². The maximum absolute atomic E-state index is 12.0. The zero-order chi connectivity index (χ0) is 14.8. The van der Waals surface area contributed by atoms with E-state index in [1.54, 1.807) is 0 Å².